The standard InChI is InChI=1S/C12H16N2OS/c1-4-9-5-6-16-10(9)7-14-11(15)12(2,3)8-13/h5-6H,4,7H2,1-3H3,(H,14,15). The van der Waals surface area contributed by atoms with Crippen LogP contribution in [0, 0.1) is 16.7 Å². The number of carbonyl (C=O) groups excluding carboxylic acids is 1. The van der Waals surface area contributed by atoms with Crippen LogP contribution in [0.3, 0.4) is 0 Å². The van der Waals surface area contributed by atoms with Crippen LogP contribution in [0.25, 0.3) is 0 Å². The Bertz CT molecular complexity index is 415. The van der Waals surface area contributed by atoms with E-state index in [9.17, 15) is 4.79 Å². The molecule has 0 fully saturated rings. The zero-order valence-electron chi connectivity index (χ0n) is 9.83. The van der Waals surface area contributed by atoms with Crippen LogP contribution in [0.1, 0.15) is 31.2 Å². The molecule has 1 heterocycles. The van der Waals surface area contributed by atoms with Gasteiger partial charge in [0.1, 0.15) is 5.41 Å². The maximum absolute atomic E-state index is 11.7. The van der Waals surface area contributed by atoms with E-state index in [-0.39, 0.29) is 5.91 Å². The highest BCUT2D eigenvalue weighted by atomic mass is 32.1. The third-order valence-electron chi connectivity index (χ3n) is 2.48. The van der Waals surface area contributed by atoms with Gasteiger partial charge in [-0.1, -0.05) is 6.92 Å². The second-order valence-corrected chi connectivity index (χ2v) is 5.14. The summed E-state index contributed by atoms with van der Waals surface area (Å²) >= 11 is 1.64. The summed E-state index contributed by atoms with van der Waals surface area (Å²) in [6, 6.07) is 4.06. The summed E-state index contributed by atoms with van der Waals surface area (Å²) in [4.78, 5) is 12.8. The molecule has 0 bridgehead atoms. The van der Waals surface area contributed by atoms with Crippen molar-refractivity contribution >= 4 is 17.2 Å². The Morgan fingerprint density at radius 1 is 1.62 bits per heavy atom. The molecular formula is C12H16N2OS. The van der Waals surface area contributed by atoms with Crippen LogP contribution >= 0.6 is 11.3 Å². The highest BCUT2D eigenvalue weighted by molar-refractivity contribution is 7.10. The van der Waals surface area contributed by atoms with Crippen LogP contribution in [0.4, 0.5) is 0 Å². The molecule has 1 rings (SSSR count). The number of nitrogens with zero attached hydrogens (tertiary/aromatic N) is 1. The van der Waals surface area contributed by atoms with Crippen molar-refractivity contribution in [3.8, 4) is 6.07 Å². The van der Waals surface area contributed by atoms with Crippen molar-refractivity contribution in [2.45, 2.75) is 33.7 Å². The van der Waals surface area contributed by atoms with E-state index < -0.39 is 5.41 Å². The van der Waals surface area contributed by atoms with E-state index in [1.54, 1.807) is 25.2 Å². The van der Waals surface area contributed by atoms with E-state index in [2.05, 4.69) is 18.3 Å². The molecule has 16 heavy (non-hydrogen) atoms. The molecule has 1 aromatic heterocycles. The minimum Gasteiger partial charge on any atom is -0.350 e. The molecule has 0 saturated carbocycles. The number of thiophene rings is 1. The molecular weight excluding hydrogens is 220 g/mol. The first kappa shape index (κ1) is 12.7. The van der Waals surface area contributed by atoms with Crippen LogP contribution in [0.5, 0.6) is 0 Å². The van der Waals surface area contributed by atoms with Gasteiger partial charge in [0, 0.05) is 4.88 Å². The third-order valence-corrected chi connectivity index (χ3v) is 3.44. The minimum absolute atomic E-state index is 0.217. The Morgan fingerprint density at radius 3 is 2.88 bits per heavy atom. The quantitative estimate of drug-likeness (QED) is 0.873. The van der Waals surface area contributed by atoms with Crippen LogP contribution in [-0.2, 0) is 17.8 Å². The van der Waals surface area contributed by atoms with Crippen LogP contribution in [0.2, 0.25) is 0 Å². The second kappa shape index (κ2) is 5.13. The lowest BCUT2D eigenvalue weighted by Gasteiger charge is -2.14. The third kappa shape index (κ3) is 2.83. The van der Waals surface area contributed by atoms with Crippen molar-refractivity contribution in [3.63, 3.8) is 0 Å². The van der Waals surface area contributed by atoms with Gasteiger partial charge in [0.05, 0.1) is 12.6 Å². The van der Waals surface area contributed by atoms with Gasteiger partial charge < -0.3 is 5.32 Å². The lowest BCUT2D eigenvalue weighted by molar-refractivity contribution is -0.126. The normalized spacial score (nSPS) is 10.9. The number of nitriles is 1. The zero-order valence-corrected chi connectivity index (χ0v) is 10.6. The van der Waals surface area contributed by atoms with Crippen molar-refractivity contribution in [1.29, 1.82) is 5.26 Å². The average molecular weight is 236 g/mol. The van der Waals surface area contributed by atoms with E-state index in [0.29, 0.717) is 6.54 Å². The van der Waals surface area contributed by atoms with E-state index in [0.717, 1.165) is 6.42 Å². The predicted octanol–water partition coefficient (Wildman–Crippen LogP) is 2.48. The van der Waals surface area contributed by atoms with Gasteiger partial charge in [-0.05, 0) is 37.3 Å². The van der Waals surface area contributed by atoms with Crippen molar-refractivity contribution < 1.29 is 4.79 Å². The van der Waals surface area contributed by atoms with Gasteiger partial charge in [-0.15, -0.1) is 11.3 Å². The molecule has 86 valence electrons. The monoisotopic (exact) mass is 236 g/mol. The van der Waals surface area contributed by atoms with Gasteiger partial charge in [0.2, 0.25) is 5.91 Å². The summed E-state index contributed by atoms with van der Waals surface area (Å²) < 4.78 is 0. The number of hydrogen-bond acceptors (Lipinski definition) is 3. The Hall–Kier alpha value is -1.34. The summed E-state index contributed by atoms with van der Waals surface area (Å²) in [5.41, 5.74) is 0.309. The summed E-state index contributed by atoms with van der Waals surface area (Å²) in [5, 5.41) is 13.6. The van der Waals surface area contributed by atoms with Crippen molar-refractivity contribution in [2.24, 2.45) is 5.41 Å². The first-order chi connectivity index (χ1) is 7.51. The molecule has 0 spiro atoms. The van der Waals surface area contributed by atoms with E-state index in [1.165, 1.54) is 10.4 Å². The summed E-state index contributed by atoms with van der Waals surface area (Å²) in [6.45, 7) is 5.85. The number of hydrogen-bond donors (Lipinski definition) is 1. The molecule has 0 radical (unpaired) electrons. The van der Waals surface area contributed by atoms with Gasteiger partial charge in [-0.3, -0.25) is 4.79 Å². The molecule has 4 heteroatoms. The fraction of sp³-hybridized carbons (Fsp3) is 0.500. The molecule has 0 aliphatic heterocycles. The number of amides is 1. The largest absolute Gasteiger partial charge is 0.350 e. The molecule has 1 amide bonds. The Balaban J connectivity index is 2.60. The topological polar surface area (TPSA) is 52.9 Å². The lowest BCUT2D eigenvalue weighted by atomic mass is 9.95. The first-order valence-electron chi connectivity index (χ1n) is 5.26. The van der Waals surface area contributed by atoms with Gasteiger partial charge in [0.25, 0.3) is 0 Å². The molecule has 0 aliphatic carbocycles. The van der Waals surface area contributed by atoms with E-state index in [4.69, 9.17) is 5.26 Å². The Morgan fingerprint density at radius 2 is 2.31 bits per heavy atom. The number of aryl methyl sites for hydroxylation is 1. The molecule has 0 saturated heterocycles. The summed E-state index contributed by atoms with van der Waals surface area (Å²) in [5.74, 6) is -0.217. The molecule has 1 aromatic rings. The maximum Gasteiger partial charge on any atom is 0.240 e. The van der Waals surface area contributed by atoms with Gasteiger partial charge >= 0.3 is 0 Å². The molecule has 1 N–H and O–H groups in total. The molecule has 0 aliphatic rings. The zero-order chi connectivity index (χ0) is 12.2. The SMILES string of the molecule is CCc1ccsc1CNC(=O)C(C)(C)C#N. The predicted molar refractivity (Wildman–Crippen MR) is 64.9 cm³/mol. The van der Waals surface area contributed by atoms with Crippen molar-refractivity contribution in [3.05, 3.63) is 21.9 Å². The first-order valence-corrected chi connectivity index (χ1v) is 6.14. The second-order valence-electron chi connectivity index (χ2n) is 4.14. The highest BCUT2D eigenvalue weighted by Gasteiger charge is 2.26. The van der Waals surface area contributed by atoms with E-state index >= 15 is 0 Å². The van der Waals surface area contributed by atoms with Gasteiger partial charge in [0.15, 0.2) is 0 Å². The Kier molecular flexibility index (Phi) is 4.08. The van der Waals surface area contributed by atoms with Gasteiger partial charge in [-0.25, -0.2) is 0 Å². The average Bonchev–Trinajstić information content (AvgIpc) is 2.72. The summed E-state index contributed by atoms with van der Waals surface area (Å²) in [7, 11) is 0. The molecule has 0 unspecified atom stereocenters. The van der Waals surface area contributed by atoms with E-state index in [1.807, 2.05) is 11.4 Å². The number of nitrogens with one attached hydrogen (secondary N) is 1. The highest BCUT2D eigenvalue weighted by Crippen LogP contribution is 2.18. The van der Waals surface area contributed by atoms with Crippen LogP contribution in [0.15, 0.2) is 11.4 Å². The summed E-state index contributed by atoms with van der Waals surface area (Å²) in [6.07, 6.45) is 0.969. The molecule has 3 nitrogen and oxygen atoms in total. The van der Waals surface area contributed by atoms with Crippen LogP contribution < -0.4 is 5.32 Å². The smallest absolute Gasteiger partial charge is 0.240 e. The van der Waals surface area contributed by atoms with Crippen molar-refractivity contribution in [2.75, 3.05) is 0 Å². The fourth-order valence-electron chi connectivity index (χ4n) is 1.27. The number of carbonyl (C=O) groups is 1. The number of rotatable bonds is 4. The minimum atomic E-state index is -0.955. The van der Waals surface area contributed by atoms with Gasteiger partial charge in [-0.2, -0.15) is 5.26 Å². The Labute approximate surface area is 100 Å². The molecule has 0 atom stereocenters. The van der Waals surface area contributed by atoms with Crippen molar-refractivity contribution in [1.82, 2.24) is 5.32 Å². The maximum atomic E-state index is 11.7. The van der Waals surface area contributed by atoms with Crippen LogP contribution in [-0.4, -0.2) is 5.91 Å². The fourth-order valence-corrected chi connectivity index (χ4v) is 2.19. The molecule has 0 aromatic carbocycles. The lowest BCUT2D eigenvalue weighted by Crippen LogP contribution is -2.35.